The molecule has 2 aromatic carbocycles. The number of fused-ring (bicyclic) bond motifs is 2. The van der Waals surface area contributed by atoms with Gasteiger partial charge in [-0.1, -0.05) is 34.7 Å². The predicted molar refractivity (Wildman–Crippen MR) is 157 cm³/mol. The van der Waals surface area contributed by atoms with Crippen molar-refractivity contribution < 1.29 is 28.3 Å². The number of nitrogens with zero attached hydrogens (tertiary/aromatic N) is 2. The summed E-state index contributed by atoms with van der Waals surface area (Å²) >= 11 is 7.95. The average molecular weight is 624 g/mol. The van der Waals surface area contributed by atoms with Crippen molar-refractivity contribution in [1.82, 2.24) is 4.57 Å². The number of amides is 3. The van der Waals surface area contributed by atoms with Gasteiger partial charge in [-0.3, -0.25) is 23.7 Å². The van der Waals surface area contributed by atoms with Crippen molar-refractivity contribution >= 4 is 69.8 Å². The van der Waals surface area contributed by atoms with E-state index in [0.29, 0.717) is 37.6 Å². The first-order valence-corrected chi connectivity index (χ1v) is 15.0. The summed E-state index contributed by atoms with van der Waals surface area (Å²) in [7, 11) is 0. The molecular weight excluding hydrogens is 602 g/mol. The SMILES string of the molecule is CCOC(=O)c1ccc(N2C(=O)[C@H]3[C@H](c4ccco4)c4sc(=O)n(CC(=O)Nc5ccc(Cl)cc5)c4S[C@H]3C2=O)cc1. The highest BCUT2D eigenvalue weighted by Gasteiger charge is 2.57. The zero-order valence-electron chi connectivity index (χ0n) is 21.9. The van der Waals surface area contributed by atoms with E-state index in [-0.39, 0.29) is 18.0 Å². The minimum Gasteiger partial charge on any atom is -0.469 e. The summed E-state index contributed by atoms with van der Waals surface area (Å²) in [6, 6.07) is 16.0. The molecule has 2 aliphatic rings. The van der Waals surface area contributed by atoms with E-state index in [2.05, 4.69) is 5.32 Å². The summed E-state index contributed by atoms with van der Waals surface area (Å²) in [4.78, 5) is 67.2. The lowest BCUT2D eigenvalue weighted by Crippen LogP contribution is -2.32. The molecule has 4 heterocycles. The second-order valence-corrected chi connectivity index (χ2v) is 12.1. The van der Waals surface area contributed by atoms with Crippen LogP contribution in [0, 0.1) is 5.92 Å². The molecule has 2 aromatic heterocycles. The Bertz CT molecular complexity index is 1750. The van der Waals surface area contributed by atoms with Crippen LogP contribution in [0.3, 0.4) is 0 Å². The van der Waals surface area contributed by atoms with E-state index in [1.807, 2.05) is 0 Å². The molecule has 6 rings (SSSR count). The number of halogens is 1. The molecular formula is C29H22ClN3O7S2. The van der Waals surface area contributed by atoms with Crippen molar-refractivity contribution in [2.45, 2.75) is 29.7 Å². The number of carbonyl (C=O) groups is 4. The van der Waals surface area contributed by atoms with Gasteiger partial charge in [-0.2, -0.15) is 0 Å². The molecule has 3 amide bonds. The van der Waals surface area contributed by atoms with Gasteiger partial charge in [0.05, 0.1) is 45.9 Å². The normalized spacial score (nSPS) is 19.4. The number of aromatic nitrogens is 1. The maximum Gasteiger partial charge on any atom is 0.338 e. The molecule has 13 heteroatoms. The van der Waals surface area contributed by atoms with Gasteiger partial charge in [-0.25, -0.2) is 9.69 Å². The van der Waals surface area contributed by atoms with Crippen molar-refractivity contribution in [2.75, 3.05) is 16.8 Å². The third-order valence-electron chi connectivity index (χ3n) is 6.97. The summed E-state index contributed by atoms with van der Waals surface area (Å²) < 4.78 is 12.1. The monoisotopic (exact) mass is 623 g/mol. The van der Waals surface area contributed by atoms with Crippen LogP contribution in [-0.2, 0) is 25.7 Å². The first-order valence-electron chi connectivity index (χ1n) is 12.9. The molecule has 2 aliphatic heterocycles. The van der Waals surface area contributed by atoms with Gasteiger partial charge in [0.25, 0.3) is 0 Å². The van der Waals surface area contributed by atoms with Gasteiger partial charge >= 0.3 is 10.8 Å². The predicted octanol–water partition coefficient (Wildman–Crippen LogP) is 4.77. The second kappa shape index (κ2) is 11.3. The third-order valence-corrected chi connectivity index (χ3v) is 9.82. The van der Waals surface area contributed by atoms with Crippen LogP contribution < -0.4 is 15.1 Å². The summed E-state index contributed by atoms with van der Waals surface area (Å²) in [5.41, 5.74) is 1.13. The molecule has 0 spiro atoms. The fraction of sp³-hybridized carbons (Fsp3) is 0.207. The van der Waals surface area contributed by atoms with Crippen LogP contribution in [-0.4, -0.2) is 40.1 Å². The number of nitrogens with one attached hydrogen (secondary N) is 1. The number of hydrogen-bond donors (Lipinski definition) is 1. The smallest absolute Gasteiger partial charge is 0.338 e. The molecule has 214 valence electrons. The van der Waals surface area contributed by atoms with Crippen LogP contribution in [0.15, 0.2) is 81.2 Å². The lowest BCUT2D eigenvalue weighted by molar-refractivity contribution is -0.122. The maximum absolute atomic E-state index is 13.9. The fourth-order valence-electron chi connectivity index (χ4n) is 5.12. The van der Waals surface area contributed by atoms with Gasteiger partial charge in [-0.05, 0) is 67.6 Å². The van der Waals surface area contributed by atoms with Crippen molar-refractivity contribution in [2.24, 2.45) is 5.92 Å². The Balaban J connectivity index is 1.34. The number of hydrogen-bond acceptors (Lipinski definition) is 9. The van der Waals surface area contributed by atoms with E-state index in [4.69, 9.17) is 20.8 Å². The van der Waals surface area contributed by atoms with Crippen LogP contribution in [0.1, 0.15) is 33.8 Å². The van der Waals surface area contributed by atoms with Crippen molar-refractivity contribution in [1.29, 1.82) is 0 Å². The van der Waals surface area contributed by atoms with Crippen LogP contribution in [0.5, 0.6) is 0 Å². The Morgan fingerprint density at radius 1 is 1.02 bits per heavy atom. The molecule has 1 fully saturated rings. The molecule has 0 bridgehead atoms. The molecule has 10 nitrogen and oxygen atoms in total. The Labute approximate surface area is 252 Å². The number of anilines is 2. The number of carbonyl (C=O) groups excluding carboxylic acids is 4. The molecule has 0 saturated carbocycles. The van der Waals surface area contributed by atoms with Gasteiger partial charge in [-0.15, -0.1) is 0 Å². The van der Waals surface area contributed by atoms with Crippen LogP contribution >= 0.6 is 34.7 Å². The number of benzene rings is 2. The van der Waals surface area contributed by atoms with Gasteiger partial charge in [0.15, 0.2) is 0 Å². The summed E-state index contributed by atoms with van der Waals surface area (Å²) in [5.74, 6) is -2.97. The number of ether oxygens (including phenoxy) is 1. The zero-order chi connectivity index (χ0) is 29.5. The molecule has 0 unspecified atom stereocenters. The van der Waals surface area contributed by atoms with Crippen LogP contribution in [0.2, 0.25) is 5.02 Å². The Kier molecular flexibility index (Phi) is 7.52. The van der Waals surface area contributed by atoms with E-state index in [1.165, 1.54) is 35.1 Å². The number of thiazole rings is 1. The Morgan fingerprint density at radius 3 is 2.43 bits per heavy atom. The number of rotatable bonds is 7. The highest BCUT2D eigenvalue weighted by atomic mass is 35.5. The number of furan rings is 1. The zero-order valence-corrected chi connectivity index (χ0v) is 24.3. The summed E-state index contributed by atoms with van der Waals surface area (Å²) in [6.07, 6.45) is 1.47. The summed E-state index contributed by atoms with van der Waals surface area (Å²) in [5, 5.41) is 2.84. The lowest BCUT2D eigenvalue weighted by Gasteiger charge is -2.29. The Morgan fingerprint density at radius 2 is 1.76 bits per heavy atom. The van der Waals surface area contributed by atoms with E-state index in [0.717, 1.165) is 28.0 Å². The fourth-order valence-corrected chi connectivity index (χ4v) is 8.00. The highest BCUT2D eigenvalue weighted by Crippen LogP contribution is 2.53. The van der Waals surface area contributed by atoms with Crippen LogP contribution in [0.25, 0.3) is 0 Å². The number of thioether (sulfide) groups is 1. The van der Waals surface area contributed by atoms with Gasteiger partial charge in [0.2, 0.25) is 17.7 Å². The molecule has 1 saturated heterocycles. The van der Waals surface area contributed by atoms with Gasteiger partial charge in [0.1, 0.15) is 17.6 Å². The van der Waals surface area contributed by atoms with E-state index >= 15 is 0 Å². The second-order valence-electron chi connectivity index (χ2n) is 9.52. The molecule has 42 heavy (non-hydrogen) atoms. The quantitative estimate of drug-likeness (QED) is 0.230. The molecule has 0 radical (unpaired) electrons. The number of imide groups is 1. The molecule has 4 aromatic rings. The highest BCUT2D eigenvalue weighted by molar-refractivity contribution is 8.00. The maximum atomic E-state index is 13.9. The largest absolute Gasteiger partial charge is 0.469 e. The first-order chi connectivity index (χ1) is 20.3. The molecule has 1 N–H and O–H groups in total. The van der Waals surface area contributed by atoms with E-state index < -0.39 is 40.8 Å². The Hall–Kier alpha value is -4.13. The van der Waals surface area contributed by atoms with Crippen molar-refractivity contribution in [3.8, 4) is 0 Å². The van der Waals surface area contributed by atoms with E-state index in [9.17, 15) is 24.0 Å². The van der Waals surface area contributed by atoms with Gasteiger partial charge < -0.3 is 14.5 Å². The van der Waals surface area contributed by atoms with Crippen molar-refractivity contribution in [3.05, 3.63) is 97.8 Å². The molecule has 0 aliphatic carbocycles. The molecule has 3 atom stereocenters. The van der Waals surface area contributed by atoms with Gasteiger partial charge in [0, 0.05) is 10.7 Å². The number of esters is 1. The first kappa shape index (κ1) is 28.0. The lowest BCUT2D eigenvalue weighted by atomic mass is 9.87. The topological polar surface area (TPSA) is 128 Å². The van der Waals surface area contributed by atoms with Crippen molar-refractivity contribution in [3.63, 3.8) is 0 Å². The average Bonchev–Trinajstić information content (AvgIpc) is 3.67. The standard InChI is InChI=1S/C29H22ClN3O7S2/c1-2-39-28(37)15-5-11-18(12-6-15)33-25(35)22-21(19-4-3-13-40-19)24-27(41-23(22)26(33)36)32(29(38)42-24)14-20(34)31-17-9-7-16(30)8-10-17/h3-13,21-23H,2,14H2,1H3,(H,31,34)/t21-,22-,23+/m0/s1. The third kappa shape index (κ3) is 4.95. The minimum absolute atomic E-state index is 0.219. The van der Waals surface area contributed by atoms with E-state index in [1.54, 1.807) is 43.3 Å². The van der Waals surface area contributed by atoms with Crippen LogP contribution in [0.4, 0.5) is 11.4 Å². The minimum atomic E-state index is -0.871. The summed E-state index contributed by atoms with van der Waals surface area (Å²) in [6.45, 7) is 1.63.